The van der Waals surface area contributed by atoms with E-state index in [4.69, 9.17) is 0 Å². The van der Waals surface area contributed by atoms with Crippen LogP contribution in [0.4, 0.5) is 11.4 Å². The Balaban J connectivity index is 1.87. The molecule has 96 valence electrons. The molecule has 3 heteroatoms. The Morgan fingerprint density at radius 1 is 1.44 bits per heavy atom. The van der Waals surface area contributed by atoms with E-state index in [-0.39, 0.29) is 0 Å². The van der Waals surface area contributed by atoms with E-state index in [1.807, 2.05) is 0 Å². The highest BCUT2D eigenvalue weighted by atomic mass is 15.2. The third-order valence-corrected chi connectivity index (χ3v) is 4.03. The maximum absolute atomic E-state index is 4.64. The molecule has 0 spiro atoms. The summed E-state index contributed by atoms with van der Waals surface area (Å²) in [5.41, 5.74) is 3.82. The monoisotopic (exact) mass is 243 g/mol. The van der Waals surface area contributed by atoms with E-state index >= 15 is 0 Å². The van der Waals surface area contributed by atoms with Gasteiger partial charge in [-0.05, 0) is 44.1 Å². The Labute approximate surface area is 109 Å². The third-order valence-electron chi connectivity index (χ3n) is 4.03. The molecule has 1 aromatic carbocycles. The van der Waals surface area contributed by atoms with Gasteiger partial charge in [0.15, 0.2) is 0 Å². The minimum atomic E-state index is 0.543. The molecular weight excluding hydrogens is 222 g/mol. The molecule has 1 fully saturated rings. The SMILES string of the molecule is CCN(C)Cc1ccc2c(c1)N=CC1CCCN21. The average Bonchev–Trinajstić information content (AvgIpc) is 2.86. The molecule has 0 radical (unpaired) electrons. The van der Waals surface area contributed by atoms with E-state index in [0.717, 1.165) is 18.8 Å². The Morgan fingerprint density at radius 3 is 3.17 bits per heavy atom. The van der Waals surface area contributed by atoms with Crippen LogP contribution in [0.1, 0.15) is 25.3 Å². The number of nitrogens with zero attached hydrogens (tertiary/aromatic N) is 3. The van der Waals surface area contributed by atoms with Crippen LogP contribution in [0.2, 0.25) is 0 Å². The van der Waals surface area contributed by atoms with Crippen LogP contribution >= 0.6 is 0 Å². The summed E-state index contributed by atoms with van der Waals surface area (Å²) in [6, 6.07) is 7.29. The van der Waals surface area contributed by atoms with Crippen molar-refractivity contribution < 1.29 is 0 Å². The molecule has 2 aliphatic heterocycles. The van der Waals surface area contributed by atoms with Gasteiger partial charge in [0, 0.05) is 19.3 Å². The van der Waals surface area contributed by atoms with Gasteiger partial charge in [-0.2, -0.15) is 0 Å². The molecule has 0 saturated carbocycles. The fraction of sp³-hybridized carbons (Fsp3) is 0.533. The van der Waals surface area contributed by atoms with E-state index in [1.54, 1.807) is 0 Å². The van der Waals surface area contributed by atoms with Crippen LogP contribution in [-0.4, -0.2) is 37.3 Å². The molecule has 2 heterocycles. The minimum absolute atomic E-state index is 0.543. The maximum Gasteiger partial charge on any atom is 0.0863 e. The lowest BCUT2D eigenvalue weighted by molar-refractivity contribution is 0.346. The second-order valence-corrected chi connectivity index (χ2v) is 5.33. The van der Waals surface area contributed by atoms with Crippen molar-refractivity contribution in [3.63, 3.8) is 0 Å². The Hall–Kier alpha value is -1.35. The molecule has 18 heavy (non-hydrogen) atoms. The maximum atomic E-state index is 4.64. The highest BCUT2D eigenvalue weighted by Gasteiger charge is 2.27. The van der Waals surface area contributed by atoms with Gasteiger partial charge in [0.2, 0.25) is 0 Å². The van der Waals surface area contributed by atoms with Gasteiger partial charge in [0.25, 0.3) is 0 Å². The zero-order chi connectivity index (χ0) is 12.5. The minimum Gasteiger partial charge on any atom is -0.362 e. The van der Waals surface area contributed by atoms with Gasteiger partial charge in [0.1, 0.15) is 0 Å². The van der Waals surface area contributed by atoms with Crippen molar-refractivity contribution in [1.29, 1.82) is 0 Å². The van der Waals surface area contributed by atoms with Gasteiger partial charge in [-0.15, -0.1) is 0 Å². The second kappa shape index (κ2) is 4.73. The van der Waals surface area contributed by atoms with Gasteiger partial charge in [-0.3, -0.25) is 4.99 Å². The molecule has 0 aromatic heterocycles. The molecular formula is C15H21N3. The first-order chi connectivity index (χ1) is 8.78. The lowest BCUT2D eigenvalue weighted by Crippen LogP contribution is -2.32. The van der Waals surface area contributed by atoms with Gasteiger partial charge in [-0.1, -0.05) is 13.0 Å². The zero-order valence-corrected chi connectivity index (χ0v) is 11.3. The second-order valence-electron chi connectivity index (χ2n) is 5.33. The van der Waals surface area contributed by atoms with Crippen LogP contribution in [0.25, 0.3) is 0 Å². The molecule has 0 N–H and O–H groups in total. The molecule has 1 saturated heterocycles. The lowest BCUT2D eigenvalue weighted by atomic mass is 10.1. The van der Waals surface area contributed by atoms with Crippen LogP contribution in [0, 0.1) is 0 Å². The van der Waals surface area contributed by atoms with Crippen LogP contribution in [0.5, 0.6) is 0 Å². The molecule has 3 nitrogen and oxygen atoms in total. The molecule has 2 aliphatic rings. The van der Waals surface area contributed by atoms with E-state index in [9.17, 15) is 0 Å². The highest BCUT2D eigenvalue weighted by molar-refractivity contribution is 5.85. The first-order valence-corrected chi connectivity index (χ1v) is 6.90. The van der Waals surface area contributed by atoms with E-state index < -0.39 is 0 Å². The summed E-state index contributed by atoms with van der Waals surface area (Å²) in [6.45, 7) is 5.45. The largest absolute Gasteiger partial charge is 0.362 e. The lowest BCUT2D eigenvalue weighted by Gasteiger charge is -2.29. The zero-order valence-electron chi connectivity index (χ0n) is 11.3. The third kappa shape index (κ3) is 2.03. The number of anilines is 1. The summed E-state index contributed by atoms with van der Waals surface area (Å²) in [6.07, 6.45) is 4.67. The Morgan fingerprint density at radius 2 is 2.33 bits per heavy atom. The van der Waals surface area contributed by atoms with Gasteiger partial charge >= 0.3 is 0 Å². The normalized spacial score (nSPS) is 21.3. The van der Waals surface area contributed by atoms with Crippen molar-refractivity contribution in [2.24, 2.45) is 4.99 Å². The summed E-state index contributed by atoms with van der Waals surface area (Å²) < 4.78 is 0. The number of fused-ring (bicyclic) bond motifs is 3. The number of benzene rings is 1. The van der Waals surface area contributed by atoms with Crippen LogP contribution in [-0.2, 0) is 6.54 Å². The van der Waals surface area contributed by atoms with Crippen molar-refractivity contribution in [1.82, 2.24) is 4.90 Å². The number of aliphatic imine (C=N–C) groups is 1. The standard InChI is InChI=1S/C15H21N3/c1-3-17(2)11-12-6-7-15-14(9-12)16-10-13-5-4-8-18(13)15/h6-7,9-10,13H,3-5,8,11H2,1-2H3. The predicted octanol–water partition coefficient (Wildman–Crippen LogP) is 2.82. The Kier molecular flexibility index (Phi) is 3.08. The smallest absolute Gasteiger partial charge is 0.0863 e. The topological polar surface area (TPSA) is 18.8 Å². The molecule has 0 bridgehead atoms. The first-order valence-electron chi connectivity index (χ1n) is 6.90. The fourth-order valence-corrected chi connectivity index (χ4v) is 2.85. The average molecular weight is 243 g/mol. The fourth-order valence-electron chi connectivity index (χ4n) is 2.85. The molecule has 3 rings (SSSR count). The van der Waals surface area contributed by atoms with Crippen molar-refractivity contribution in [2.75, 3.05) is 25.0 Å². The van der Waals surface area contributed by atoms with Crippen molar-refractivity contribution in [3.05, 3.63) is 23.8 Å². The highest BCUT2D eigenvalue weighted by Crippen LogP contribution is 2.37. The van der Waals surface area contributed by atoms with Gasteiger partial charge < -0.3 is 9.80 Å². The summed E-state index contributed by atoms with van der Waals surface area (Å²) >= 11 is 0. The van der Waals surface area contributed by atoms with Crippen molar-refractivity contribution in [3.8, 4) is 0 Å². The van der Waals surface area contributed by atoms with E-state index in [2.05, 4.69) is 53.2 Å². The van der Waals surface area contributed by atoms with E-state index in [1.165, 1.54) is 30.6 Å². The molecule has 0 amide bonds. The van der Waals surface area contributed by atoms with Crippen LogP contribution in [0.3, 0.4) is 0 Å². The number of rotatable bonds is 3. The summed E-state index contributed by atoms with van der Waals surface area (Å²) in [5.74, 6) is 0. The quantitative estimate of drug-likeness (QED) is 0.813. The van der Waals surface area contributed by atoms with Crippen LogP contribution in [0.15, 0.2) is 23.2 Å². The summed E-state index contributed by atoms with van der Waals surface area (Å²) in [4.78, 5) is 9.45. The molecule has 1 atom stereocenters. The van der Waals surface area contributed by atoms with E-state index in [0.29, 0.717) is 6.04 Å². The van der Waals surface area contributed by atoms with Gasteiger partial charge in [0.05, 0.1) is 17.4 Å². The predicted molar refractivity (Wildman–Crippen MR) is 77.0 cm³/mol. The molecule has 1 unspecified atom stereocenters. The molecule has 1 aromatic rings. The number of hydrogen-bond acceptors (Lipinski definition) is 3. The van der Waals surface area contributed by atoms with Crippen molar-refractivity contribution >= 4 is 17.6 Å². The summed E-state index contributed by atoms with van der Waals surface area (Å²) in [5, 5.41) is 0. The summed E-state index contributed by atoms with van der Waals surface area (Å²) in [7, 11) is 2.15. The van der Waals surface area contributed by atoms with Crippen LogP contribution < -0.4 is 4.90 Å². The number of hydrogen-bond donors (Lipinski definition) is 0. The molecule has 0 aliphatic carbocycles. The first kappa shape index (κ1) is 11.7. The van der Waals surface area contributed by atoms with Gasteiger partial charge in [-0.25, -0.2) is 0 Å². The van der Waals surface area contributed by atoms with Crippen molar-refractivity contribution in [2.45, 2.75) is 32.4 Å². The Bertz CT molecular complexity index is 467.